The summed E-state index contributed by atoms with van der Waals surface area (Å²) in [5, 5.41) is 11.2. The van der Waals surface area contributed by atoms with Crippen molar-refractivity contribution < 1.29 is 14.6 Å². The van der Waals surface area contributed by atoms with Gasteiger partial charge >= 0.3 is 5.97 Å². The molecule has 0 atom stereocenters. The summed E-state index contributed by atoms with van der Waals surface area (Å²) in [4.78, 5) is 15.1. The molecule has 2 rings (SSSR count). The fraction of sp³-hybridized carbons (Fsp3) is 0.231. The van der Waals surface area contributed by atoms with Gasteiger partial charge in [-0.15, -0.1) is 0 Å². The molecule has 0 aliphatic rings. The van der Waals surface area contributed by atoms with E-state index in [0.29, 0.717) is 33.3 Å². The average molecular weight is 379 g/mol. The highest BCUT2D eigenvalue weighted by atomic mass is 79.9. The number of nitrogens with zero attached hydrogens (tertiary/aromatic N) is 1. The monoisotopic (exact) mass is 377 g/mol. The third-order valence-corrected chi connectivity index (χ3v) is 3.62. The van der Waals surface area contributed by atoms with Gasteiger partial charge in [0.1, 0.15) is 5.75 Å². The Morgan fingerprint density at radius 3 is 2.75 bits per heavy atom. The molecule has 106 valence electrons. The number of carboxylic acids is 1. The molecule has 0 radical (unpaired) electrons. The number of pyridine rings is 1. The zero-order valence-electron chi connectivity index (χ0n) is 10.2. The summed E-state index contributed by atoms with van der Waals surface area (Å²) < 4.78 is 5.61. The van der Waals surface area contributed by atoms with Crippen LogP contribution in [0.1, 0.15) is 16.9 Å². The predicted octanol–water partition coefficient (Wildman–Crippen LogP) is 4.40. The zero-order chi connectivity index (χ0) is 14.7. The average Bonchev–Trinajstić information content (AvgIpc) is 2.37. The topological polar surface area (TPSA) is 59.4 Å². The lowest BCUT2D eigenvalue weighted by molar-refractivity contribution is 0.0690. The number of hydrogen-bond acceptors (Lipinski definition) is 3. The maximum absolute atomic E-state index is 11.1. The lowest BCUT2D eigenvalue weighted by Gasteiger charge is -2.11. The van der Waals surface area contributed by atoms with Gasteiger partial charge in [-0.2, -0.15) is 0 Å². The van der Waals surface area contributed by atoms with Crippen molar-refractivity contribution in [2.75, 3.05) is 11.9 Å². The lowest BCUT2D eigenvalue weighted by Crippen LogP contribution is -2.04. The number of benzene rings is 1. The molecule has 2 aromatic rings. The molecule has 0 fully saturated rings. The Labute approximate surface area is 133 Å². The minimum absolute atomic E-state index is 0.107. The first-order valence-corrected chi connectivity index (χ1v) is 7.62. The third-order valence-electron chi connectivity index (χ3n) is 2.54. The van der Waals surface area contributed by atoms with Crippen LogP contribution in [0.5, 0.6) is 5.75 Å². The quantitative estimate of drug-likeness (QED) is 0.618. The highest BCUT2D eigenvalue weighted by Gasteiger charge is 2.15. The molecule has 0 aliphatic carbocycles. The fourth-order valence-corrected chi connectivity index (χ4v) is 2.52. The second-order valence-corrected chi connectivity index (χ2v) is 5.62. The van der Waals surface area contributed by atoms with E-state index in [9.17, 15) is 4.79 Å². The van der Waals surface area contributed by atoms with Crippen molar-refractivity contribution in [1.82, 2.24) is 4.98 Å². The van der Waals surface area contributed by atoms with Crippen LogP contribution in [0.3, 0.4) is 0 Å². The van der Waals surface area contributed by atoms with Crippen LogP contribution in [0.25, 0.3) is 10.9 Å². The Morgan fingerprint density at radius 2 is 2.10 bits per heavy atom. The Balaban J connectivity index is 2.59. The summed E-state index contributed by atoms with van der Waals surface area (Å²) in [7, 11) is 0. The molecular weight excluding hydrogens is 369 g/mol. The molecule has 1 aromatic heterocycles. The molecule has 0 saturated heterocycles. The van der Waals surface area contributed by atoms with Gasteiger partial charge in [-0.3, -0.25) is 0 Å². The van der Waals surface area contributed by atoms with Crippen LogP contribution in [0.2, 0.25) is 10.0 Å². The predicted molar refractivity (Wildman–Crippen MR) is 82.6 cm³/mol. The summed E-state index contributed by atoms with van der Waals surface area (Å²) in [5.41, 5.74) is 0.293. The number of carbonyl (C=O) groups is 1. The van der Waals surface area contributed by atoms with Crippen molar-refractivity contribution in [2.24, 2.45) is 0 Å². The summed E-state index contributed by atoms with van der Waals surface area (Å²) in [6, 6.07) is 4.51. The molecule has 0 bridgehead atoms. The number of ether oxygens (including phenoxy) is 1. The van der Waals surface area contributed by atoms with Crippen LogP contribution in [-0.4, -0.2) is 28.0 Å². The first-order chi connectivity index (χ1) is 9.52. The van der Waals surface area contributed by atoms with Crippen LogP contribution in [-0.2, 0) is 0 Å². The molecule has 7 heteroatoms. The highest BCUT2D eigenvalue weighted by molar-refractivity contribution is 9.09. The van der Waals surface area contributed by atoms with Crippen molar-refractivity contribution >= 4 is 56.0 Å². The van der Waals surface area contributed by atoms with E-state index in [1.54, 1.807) is 12.1 Å². The zero-order valence-corrected chi connectivity index (χ0v) is 13.3. The van der Waals surface area contributed by atoms with E-state index in [0.717, 1.165) is 11.8 Å². The smallest absolute Gasteiger partial charge is 0.354 e. The van der Waals surface area contributed by atoms with E-state index in [4.69, 9.17) is 33.0 Å². The Hall–Kier alpha value is -1.04. The largest absolute Gasteiger partial charge is 0.493 e. The van der Waals surface area contributed by atoms with Gasteiger partial charge < -0.3 is 9.84 Å². The molecule has 1 heterocycles. The molecule has 1 N–H and O–H groups in total. The molecule has 0 aliphatic heterocycles. The van der Waals surface area contributed by atoms with Gasteiger partial charge in [0.15, 0.2) is 5.69 Å². The van der Waals surface area contributed by atoms with Crippen molar-refractivity contribution in [3.63, 3.8) is 0 Å². The molecule has 4 nitrogen and oxygen atoms in total. The molecule has 0 amide bonds. The third kappa shape index (κ3) is 3.34. The summed E-state index contributed by atoms with van der Waals surface area (Å²) >= 11 is 15.4. The van der Waals surface area contributed by atoms with Crippen LogP contribution in [0.4, 0.5) is 0 Å². The van der Waals surface area contributed by atoms with Crippen molar-refractivity contribution in [2.45, 2.75) is 6.42 Å². The number of rotatable bonds is 5. The normalized spacial score (nSPS) is 10.8. The second kappa shape index (κ2) is 6.61. The maximum Gasteiger partial charge on any atom is 0.354 e. The Kier molecular flexibility index (Phi) is 5.07. The van der Waals surface area contributed by atoms with Crippen LogP contribution in [0, 0.1) is 0 Å². The van der Waals surface area contributed by atoms with E-state index < -0.39 is 5.97 Å². The van der Waals surface area contributed by atoms with Gasteiger partial charge in [-0.1, -0.05) is 39.1 Å². The summed E-state index contributed by atoms with van der Waals surface area (Å²) in [6.45, 7) is 0.447. The van der Waals surface area contributed by atoms with E-state index in [1.165, 1.54) is 6.07 Å². The van der Waals surface area contributed by atoms with Gasteiger partial charge in [-0.05, 0) is 18.6 Å². The van der Waals surface area contributed by atoms with Gasteiger partial charge in [0.2, 0.25) is 0 Å². The number of carboxylic acid groups (broad SMARTS) is 1. The van der Waals surface area contributed by atoms with Gasteiger partial charge in [0, 0.05) is 16.4 Å². The van der Waals surface area contributed by atoms with E-state index in [1.807, 2.05) is 0 Å². The number of hydrogen-bond donors (Lipinski definition) is 1. The SMILES string of the molecule is O=C(O)c1cc(OCCCBr)c2c(Cl)cc(Cl)cc2n1. The van der Waals surface area contributed by atoms with Gasteiger partial charge in [0.25, 0.3) is 0 Å². The van der Waals surface area contributed by atoms with Gasteiger partial charge in [-0.25, -0.2) is 9.78 Å². The van der Waals surface area contributed by atoms with Crippen molar-refractivity contribution in [3.05, 3.63) is 33.9 Å². The van der Waals surface area contributed by atoms with Crippen molar-refractivity contribution in [1.29, 1.82) is 0 Å². The molecule has 20 heavy (non-hydrogen) atoms. The second-order valence-electron chi connectivity index (χ2n) is 3.98. The van der Waals surface area contributed by atoms with E-state index in [2.05, 4.69) is 20.9 Å². The van der Waals surface area contributed by atoms with Crippen LogP contribution in [0.15, 0.2) is 18.2 Å². The Bertz CT molecular complexity index is 664. The number of alkyl halides is 1. The molecule has 0 saturated carbocycles. The number of aromatic carboxylic acids is 1. The van der Waals surface area contributed by atoms with Crippen LogP contribution >= 0.6 is 39.1 Å². The number of halogens is 3. The first-order valence-electron chi connectivity index (χ1n) is 5.75. The van der Waals surface area contributed by atoms with E-state index in [-0.39, 0.29) is 5.69 Å². The Morgan fingerprint density at radius 1 is 1.35 bits per heavy atom. The van der Waals surface area contributed by atoms with Gasteiger partial charge in [0.05, 0.1) is 22.5 Å². The highest BCUT2D eigenvalue weighted by Crippen LogP contribution is 2.34. The molecular formula is C13H10BrCl2NO3. The number of aromatic nitrogens is 1. The standard InChI is InChI=1S/C13H10BrCl2NO3/c14-2-1-3-20-11-6-10(13(18)19)17-9-5-7(15)4-8(16)12(9)11/h4-6H,1-3H2,(H,18,19). The van der Waals surface area contributed by atoms with Crippen LogP contribution < -0.4 is 4.74 Å². The first kappa shape index (κ1) is 15.4. The number of fused-ring (bicyclic) bond motifs is 1. The lowest BCUT2D eigenvalue weighted by atomic mass is 10.1. The summed E-state index contributed by atoms with van der Waals surface area (Å²) in [6.07, 6.45) is 0.789. The minimum atomic E-state index is -1.13. The molecule has 1 aromatic carbocycles. The minimum Gasteiger partial charge on any atom is -0.493 e. The van der Waals surface area contributed by atoms with E-state index >= 15 is 0 Å². The summed E-state index contributed by atoms with van der Waals surface area (Å²) in [5.74, 6) is -0.733. The molecule has 0 unspecified atom stereocenters. The van der Waals surface area contributed by atoms with Crippen molar-refractivity contribution in [3.8, 4) is 5.75 Å². The molecule has 0 spiro atoms. The fourth-order valence-electron chi connectivity index (χ4n) is 1.71. The maximum atomic E-state index is 11.1.